The zero-order chi connectivity index (χ0) is 23.3. The van der Waals surface area contributed by atoms with Crippen molar-refractivity contribution in [2.24, 2.45) is 0 Å². The highest BCUT2D eigenvalue weighted by Gasteiger charge is 2.55. The van der Waals surface area contributed by atoms with Gasteiger partial charge in [-0.2, -0.15) is 0 Å². The number of hydrogen-bond donors (Lipinski definition) is 0. The van der Waals surface area contributed by atoms with Gasteiger partial charge < -0.3 is 14.4 Å². The number of nitrogens with zero attached hydrogens (tertiary/aromatic N) is 3. The van der Waals surface area contributed by atoms with Crippen molar-refractivity contribution in [1.29, 1.82) is 0 Å². The average molecular weight is 460 g/mol. The van der Waals surface area contributed by atoms with Crippen molar-refractivity contribution in [1.82, 2.24) is 14.8 Å². The summed E-state index contributed by atoms with van der Waals surface area (Å²) in [6.45, 7) is 2.58. The number of para-hydroxylation sites is 1. The summed E-state index contributed by atoms with van der Waals surface area (Å²) >= 11 is 1.47. The normalized spacial score (nSPS) is 19.3. The van der Waals surface area contributed by atoms with Crippen LogP contribution in [0.5, 0.6) is 5.75 Å². The van der Waals surface area contributed by atoms with Gasteiger partial charge >= 0.3 is 0 Å². The first-order chi connectivity index (χ1) is 15.4. The molecule has 1 aromatic carbocycles. The number of amides is 3. The molecule has 1 aromatic heterocycles. The van der Waals surface area contributed by atoms with Crippen LogP contribution in [0.3, 0.4) is 0 Å². The molecule has 0 bridgehead atoms. The van der Waals surface area contributed by atoms with Crippen LogP contribution in [-0.4, -0.2) is 66.9 Å². The molecule has 1 fully saturated rings. The maximum absolute atomic E-state index is 13.7. The molecule has 2 heterocycles. The second-order valence-electron chi connectivity index (χ2n) is 7.88. The predicted molar refractivity (Wildman–Crippen MR) is 120 cm³/mol. The van der Waals surface area contributed by atoms with Crippen LogP contribution in [0.4, 0.5) is 0 Å². The summed E-state index contributed by atoms with van der Waals surface area (Å²) in [6, 6.07) is 6.85. The summed E-state index contributed by atoms with van der Waals surface area (Å²) < 4.78 is 10.6. The van der Waals surface area contributed by atoms with Crippen molar-refractivity contribution < 1.29 is 23.9 Å². The van der Waals surface area contributed by atoms with Gasteiger partial charge in [-0.05, 0) is 19.4 Å². The number of benzene rings is 1. The molecule has 3 amide bonds. The Morgan fingerprint density at radius 2 is 2.06 bits per heavy atom. The van der Waals surface area contributed by atoms with Crippen LogP contribution in [0, 0.1) is 0 Å². The Bertz CT molecular complexity index is 964. The van der Waals surface area contributed by atoms with E-state index in [1.54, 1.807) is 49.5 Å². The third-order valence-electron chi connectivity index (χ3n) is 6.00. The Hall–Kier alpha value is -2.78. The summed E-state index contributed by atoms with van der Waals surface area (Å²) in [5.74, 6) is -0.415. The molecular formula is C23H29N3O5S. The summed E-state index contributed by atoms with van der Waals surface area (Å²) in [7, 11) is 4.79. The Labute approximate surface area is 192 Å². The molecular weight excluding hydrogens is 430 g/mol. The van der Waals surface area contributed by atoms with Crippen molar-refractivity contribution in [2.45, 2.75) is 37.6 Å². The number of thiazole rings is 1. The lowest BCUT2D eigenvalue weighted by molar-refractivity contribution is -0.143. The molecule has 0 N–H and O–H groups in total. The van der Waals surface area contributed by atoms with Crippen molar-refractivity contribution in [3.05, 3.63) is 46.4 Å². The fraction of sp³-hybridized carbons (Fsp3) is 0.478. The third-order valence-corrected chi connectivity index (χ3v) is 6.94. The first kappa shape index (κ1) is 23.9. The maximum atomic E-state index is 13.7. The molecule has 1 aliphatic heterocycles. The van der Waals surface area contributed by atoms with Crippen molar-refractivity contribution >= 4 is 29.1 Å². The summed E-state index contributed by atoms with van der Waals surface area (Å²) in [6.07, 6.45) is 2.02. The largest absolute Gasteiger partial charge is 0.496 e. The molecule has 2 unspecified atom stereocenters. The fourth-order valence-electron chi connectivity index (χ4n) is 4.08. The number of imide groups is 1. The zero-order valence-corrected chi connectivity index (χ0v) is 19.7. The highest BCUT2D eigenvalue weighted by atomic mass is 32.1. The second-order valence-corrected chi connectivity index (χ2v) is 8.81. The second kappa shape index (κ2) is 10.2. The van der Waals surface area contributed by atoms with Gasteiger partial charge in [0.2, 0.25) is 17.7 Å². The lowest BCUT2D eigenvalue weighted by Crippen LogP contribution is -2.43. The lowest BCUT2D eigenvalue weighted by Gasteiger charge is -2.31. The van der Waals surface area contributed by atoms with Gasteiger partial charge in [-0.1, -0.05) is 18.2 Å². The molecule has 1 saturated heterocycles. The molecule has 1 aliphatic rings. The third kappa shape index (κ3) is 4.54. The number of ether oxygens (including phenoxy) is 2. The molecule has 0 radical (unpaired) electrons. The van der Waals surface area contributed by atoms with Gasteiger partial charge in [-0.25, -0.2) is 4.98 Å². The quantitative estimate of drug-likeness (QED) is 0.401. The number of aromatic nitrogens is 1. The van der Waals surface area contributed by atoms with Crippen LogP contribution in [0.25, 0.3) is 0 Å². The number of carbonyl (C=O) groups excluding carboxylic acids is 3. The van der Waals surface area contributed by atoms with E-state index in [1.165, 1.54) is 23.3 Å². The molecule has 3 rings (SSSR count). The molecule has 0 saturated carbocycles. The van der Waals surface area contributed by atoms with Crippen LogP contribution in [0.2, 0.25) is 0 Å². The lowest BCUT2D eigenvalue weighted by atomic mass is 9.75. The number of rotatable bonds is 10. The summed E-state index contributed by atoms with van der Waals surface area (Å²) in [4.78, 5) is 47.1. The van der Waals surface area contributed by atoms with E-state index in [4.69, 9.17) is 9.47 Å². The molecule has 172 valence electrons. The van der Waals surface area contributed by atoms with Crippen molar-refractivity contribution in [3.8, 4) is 5.75 Å². The standard InChI is InChI=1S/C23H29N3O5S/c1-16(21-24-10-13-32-21)25(2)19(27)14-23(17-8-5-6-9-18(17)31-4)15-20(28)26(22(23)29)11-7-12-30-3/h5-6,8-10,13,16H,7,11-12,14-15H2,1-4H3. The van der Waals surface area contributed by atoms with E-state index in [0.717, 1.165) is 5.01 Å². The van der Waals surface area contributed by atoms with Crippen molar-refractivity contribution in [2.75, 3.05) is 34.4 Å². The monoisotopic (exact) mass is 459 g/mol. The van der Waals surface area contributed by atoms with Gasteiger partial charge in [0.25, 0.3) is 0 Å². The van der Waals surface area contributed by atoms with Crippen LogP contribution >= 0.6 is 11.3 Å². The smallest absolute Gasteiger partial charge is 0.241 e. The highest BCUT2D eigenvalue weighted by Crippen LogP contribution is 2.44. The number of hydrogen-bond acceptors (Lipinski definition) is 7. The van der Waals surface area contributed by atoms with Gasteiger partial charge in [-0.3, -0.25) is 19.3 Å². The molecule has 9 heteroatoms. The van der Waals surface area contributed by atoms with Gasteiger partial charge in [0.15, 0.2) is 0 Å². The minimum Gasteiger partial charge on any atom is -0.496 e. The number of methoxy groups -OCH3 is 2. The maximum Gasteiger partial charge on any atom is 0.241 e. The first-order valence-corrected chi connectivity index (χ1v) is 11.4. The summed E-state index contributed by atoms with van der Waals surface area (Å²) in [5, 5.41) is 2.67. The average Bonchev–Trinajstić information content (AvgIpc) is 3.41. The van der Waals surface area contributed by atoms with Gasteiger partial charge in [-0.15, -0.1) is 11.3 Å². The van der Waals surface area contributed by atoms with Crippen LogP contribution in [0.15, 0.2) is 35.8 Å². The molecule has 32 heavy (non-hydrogen) atoms. The fourth-order valence-corrected chi connectivity index (χ4v) is 4.82. The Morgan fingerprint density at radius 1 is 1.31 bits per heavy atom. The molecule has 2 atom stereocenters. The van der Waals surface area contributed by atoms with Gasteiger partial charge in [0.1, 0.15) is 10.8 Å². The summed E-state index contributed by atoms with van der Waals surface area (Å²) in [5.41, 5.74) is -0.760. The predicted octanol–water partition coefficient (Wildman–Crippen LogP) is 2.79. The van der Waals surface area contributed by atoms with E-state index in [9.17, 15) is 14.4 Å². The molecule has 8 nitrogen and oxygen atoms in total. The Morgan fingerprint density at radius 3 is 2.72 bits per heavy atom. The minimum atomic E-state index is -1.31. The number of carbonyl (C=O) groups is 3. The highest BCUT2D eigenvalue weighted by molar-refractivity contribution is 7.09. The SMILES string of the molecule is COCCCN1C(=O)CC(CC(=O)N(C)C(C)c2nccs2)(c2ccccc2OC)C1=O. The number of likely N-dealkylation sites (tertiary alicyclic amines) is 1. The first-order valence-electron chi connectivity index (χ1n) is 10.5. The van der Waals surface area contributed by atoms with Crippen molar-refractivity contribution in [3.63, 3.8) is 0 Å². The van der Waals surface area contributed by atoms with Crippen LogP contribution < -0.4 is 4.74 Å². The van der Waals surface area contributed by atoms with Gasteiger partial charge in [0, 0.05) is 57.3 Å². The van der Waals surface area contributed by atoms with Crippen LogP contribution in [-0.2, 0) is 24.5 Å². The van der Waals surface area contributed by atoms with E-state index in [-0.39, 0.29) is 43.1 Å². The zero-order valence-electron chi connectivity index (χ0n) is 18.9. The van der Waals surface area contributed by atoms with E-state index < -0.39 is 5.41 Å². The van der Waals surface area contributed by atoms with E-state index in [1.807, 2.05) is 12.3 Å². The Kier molecular flexibility index (Phi) is 7.63. The van der Waals surface area contributed by atoms with E-state index >= 15 is 0 Å². The Balaban J connectivity index is 1.96. The molecule has 2 aromatic rings. The van der Waals surface area contributed by atoms with E-state index in [2.05, 4.69) is 4.98 Å². The van der Waals surface area contributed by atoms with E-state index in [0.29, 0.717) is 24.3 Å². The molecule has 0 spiro atoms. The molecule has 0 aliphatic carbocycles. The topological polar surface area (TPSA) is 89.0 Å². The minimum absolute atomic E-state index is 0.0790. The van der Waals surface area contributed by atoms with Crippen LogP contribution in [0.1, 0.15) is 42.8 Å². The van der Waals surface area contributed by atoms with Gasteiger partial charge in [0.05, 0.1) is 18.6 Å².